The molecule has 1 amide bonds. The lowest BCUT2D eigenvalue weighted by molar-refractivity contribution is 0.102. The molecule has 23 heavy (non-hydrogen) atoms. The molecule has 5 nitrogen and oxygen atoms in total. The molecular weight excluding hydrogens is 292 g/mol. The Morgan fingerprint density at radius 2 is 1.91 bits per heavy atom. The van der Waals surface area contributed by atoms with Crippen molar-refractivity contribution in [1.82, 2.24) is 4.57 Å². The first-order chi connectivity index (χ1) is 11.1. The second-order valence-corrected chi connectivity index (χ2v) is 5.19. The highest BCUT2D eigenvalue weighted by Crippen LogP contribution is 2.30. The first-order valence-electron chi connectivity index (χ1n) is 7.21. The summed E-state index contributed by atoms with van der Waals surface area (Å²) in [6, 6.07) is 12.9. The van der Waals surface area contributed by atoms with Gasteiger partial charge in [0.1, 0.15) is 11.5 Å². The number of amides is 1. The number of para-hydroxylation sites is 1. The number of nitrogens with one attached hydrogen (secondary N) is 1. The van der Waals surface area contributed by atoms with E-state index >= 15 is 0 Å². The van der Waals surface area contributed by atoms with Crippen LogP contribution in [0.3, 0.4) is 0 Å². The molecule has 118 valence electrons. The molecule has 1 N–H and O–H groups in total. The average Bonchev–Trinajstić information content (AvgIpc) is 2.96. The molecule has 0 aliphatic heterocycles. The van der Waals surface area contributed by atoms with Gasteiger partial charge in [0.15, 0.2) is 0 Å². The van der Waals surface area contributed by atoms with Crippen molar-refractivity contribution in [3.63, 3.8) is 0 Å². The van der Waals surface area contributed by atoms with Crippen LogP contribution in [0.2, 0.25) is 0 Å². The largest absolute Gasteiger partial charge is 0.497 e. The Bertz CT molecular complexity index is 868. The van der Waals surface area contributed by atoms with Crippen LogP contribution < -0.4 is 14.8 Å². The fourth-order valence-corrected chi connectivity index (χ4v) is 2.64. The summed E-state index contributed by atoms with van der Waals surface area (Å²) in [4.78, 5) is 12.7. The molecule has 2 aromatic carbocycles. The van der Waals surface area contributed by atoms with Gasteiger partial charge in [-0.2, -0.15) is 0 Å². The van der Waals surface area contributed by atoms with E-state index in [9.17, 15) is 4.79 Å². The predicted octanol–water partition coefficient (Wildman–Crippen LogP) is 3.45. The van der Waals surface area contributed by atoms with Gasteiger partial charge in [-0.3, -0.25) is 4.79 Å². The van der Waals surface area contributed by atoms with Gasteiger partial charge in [-0.1, -0.05) is 12.1 Å². The van der Waals surface area contributed by atoms with E-state index in [1.54, 1.807) is 32.4 Å². The normalized spacial score (nSPS) is 10.6. The predicted molar refractivity (Wildman–Crippen MR) is 90.4 cm³/mol. The summed E-state index contributed by atoms with van der Waals surface area (Å²) in [5.41, 5.74) is 2.08. The van der Waals surface area contributed by atoms with Crippen molar-refractivity contribution in [3.05, 3.63) is 54.2 Å². The fraction of sp³-hybridized carbons (Fsp3) is 0.167. The summed E-state index contributed by atoms with van der Waals surface area (Å²) in [5.74, 6) is 1.04. The van der Waals surface area contributed by atoms with Gasteiger partial charge in [-0.15, -0.1) is 0 Å². The summed E-state index contributed by atoms with van der Waals surface area (Å²) in [7, 11) is 5.07. The minimum atomic E-state index is -0.191. The van der Waals surface area contributed by atoms with Crippen molar-refractivity contribution < 1.29 is 14.3 Å². The Morgan fingerprint density at radius 3 is 2.65 bits per heavy atom. The highest BCUT2D eigenvalue weighted by molar-refractivity contribution is 6.12. The van der Waals surface area contributed by atoms with Crippen molar-refractivity contribution in [2.24, 2.45) is 7.05 Å². The third-order valence-corrected chi connectivity index (χ3v) is 3.80. The van der Waals surface area contributed by atoms with Crippen LogP contribution in [0.4, 0.5) is 5.69 Å². The molecule has 0 bridgehead atoms. The van der Waals surface area contributed by atoms with Gasteiger partial charge < -0.3 is 19.4 Å². The smallest absolute Gasteiger partial charge is 0.257 e. The summed E-state index contributed by atoms with van der Waals surface area (Å²) in [6.45, 7) is 0. The van der Waals surface area contributed by atoms with Crippen molar-refractivity contribution >= 4 is 22.5 Å². The Balaban J connectivity index is 1.99. The Hall–Kier alpha value is -2.95. The van der Waals surface area contributed by atoms with E-state index in [0.717, 1.165) is 10.9 Å². The first kappa shape index (κ1) is 15.0. The fourth-order valence-electron chi connectivity index (χ4n) is 2.64. The minimum Gasteiger partial charge on any atom is -0.497 e. The van der Waals surface area contributed by atoms with E-state index in [1.807, 2.05) is 42.1 Å². The van der Waals surface area contributed by atoms with Gasteiger partial charge in [0.05, 0.1) is 31.0 Å². The molecule has 0 saturated heterocycles. The summed E-state index contributed by atoms with van der Waals surface area (Å²) in [6.07, 6.45) is 1.94. The lowest BCUT2D eigenvalue weighted by Crippen LogP contribution is -2.14. The number of hydrogen-bond donors (Lipinski definition) is 1. The van der Waals surface area contributed by atoms with Gasteiger partial charge in [0, 0.05) is 24.7 Å². The number of aryl methyl sites for hydroxylation is 1. The zero-order valence-corrected chi connectivity index (χ0v) is 13.3. The molecule has 0 unspecified atom stereocenters. The first-order valence-corrected chi connectivity index (χ1v) is 7.21. The van der Waals surface area contributed by atoms with Gasteiger partial charge in [-0.25, -0.2) is 0 Å². The van der Waals surface area contributed by atoms with Crippen LogP contribution in [0, 0.1) is 0 Å². The molecule has 0 aliphatic carbocycles. The van der Waals surface area contributed by atoms with E-state index in [2.05, 4.69) is 5.32 Å². The summed E-state index contributed by atoms with van der Waals surface area (Å²) < 4.78 is 12.4. The standard InChI is InChI=1S/C18H18N2O3/c1-20-10-9-12-5-4-6-14(17(12)20)18(21)19-15-11-13(22-2)7-8-16(15)23-3/h4-11H,1-3H3,(H,19,21). The molecule has 0 atom stereocenters. The highest BCUT2D eigenvalue weighted by atomic mass is 16.5. The second-order valence-electron chi connectivity index (χ2n) is 5.19. The molecule has 3 aromatic rings. The molecule has 0 radical (unpaired) electrons. The third-order valence-electron chi connectivity index (χ3n) is 3.80. The number of carbonyl (C=O) groups excluding carboxylic acids is 1. The maximum atomic E-state index is 12.7. The van der Waals surface area contributed by atoms with E-state index in [1.165, 1.54) is 0 Å². The van der Waals surface area contributed by atoms with E-state index in [4.69, 9.17) is 9.47 Å². The summed E-state index contributed by atoms with van der Waals surface area (Å²) in [5, 5.41) is 3.93. The van der Waals surface area contributed by atoms with E-state index in [-0.39, 0.29) is 5.91 Å². The monoisotopic (exact) mass is 310 g/mol. The van der Waals surface area contributed by atoms with Crippen LogP contribution in [0.5, 0.6) is 11.5 Å². The number of fused-ring (bicyclic) bond motifs is 1. The molecule has 0 aliphatic rings. The van der Waals surface area contributed by atoms with Gasteiger partial charge in [0.25, 0.3) is 5.91 Å². The van der Waals surface area contributed by atoms with E-state index < -0.39 is 0 Å². The van der Waals surface area contributed by atoms with Crippen LogP contribution >= 0.6 is 0 Å². The van der Waals surface area contributed by atoms with Crippen molar-refractivity contribution in [2.45, 2.75) is 0 Å². The zero-order chi connectivity index (χ0) is 16.4. The molecule has 3 rings (SSSR count). The number of rotatable bonds is 4. The van der Waals surface area contributed by atoms with E-state index in [0.29, 0.717) is 22.7 Å². The number of anilines is 1. The second kappa shape index (κ2) is 6.04. The summed E-state index contributed by atoms with van der Waals surface area (Å²) >= 11 is 0. The average molecular weight is 310 g/mol. The van der Waals surface area contributed by atoms with Crippen LogP contribution in [0.25, 0.3) is 10.9 Å². The van der Waals surface area contributed by atoms with Crippen LogP contribution in [-0.4, -0.2) is 24.7 Å². The number of benzene rings is 2. The van der Waals surface area contributed by atoms with Crippen LogP contribution in [0.1, 0.15) is 10.4 Å². The zero-order valence-electron chi connectivity index (χ0n) is 13.3. The number of hydrogen-bond acceptors (Lipinski definition) is 3. The molecule has 0 saturated carbocycles. The van der Waals surface area contributed by atoms with Crippen molar-refractivity contribution in [3.8, 4) is 11.5 Å². The van der Waals surface area contributed by atoms with Gasteiger partial charge >= 0.3 is 0 Å². The quantitative estimate of drug-likeness (QED) is 0.803. The lowest BCUT2D eigenvalue weighted by Gasteiger charge is -2.12. The van der Waals surface area contributed by atoms with Crippen molar-refractivity contribution in [1.29, 1.82) is 0 Å². The molecule has 0 spiro atoms. The Labute approximate surface area is 134 Å². The molecule has 1 aromatic heterocycles. The number of aromatic nitrogens is 1. The molecular formula is C18H18N2O3. The van der Waals surface area contributed by atoms with Crippen molar-refractivity contribution in [2.75, 3.05) is 19.5 Å². The molecule has 0 fully saturated rings. The molecule has 5 heteroatoms. The number of ether oxygens (including phenoxy) is 2. The number of methoxy groups -OCH3 is 2. The maximum Gasteiger partial charge on any atom is 0.257 e. The third kappa shape index (κ3) is 2.73. The molecule has 1 heterocycles. The van der Waals surface area contributed by atoms with Gasteiger partial charge in [-0.05, 0) is 24.3 Å². The van der Waals surface area contributed by atoms with Crippen LogP contribution in [0.15, 0.2) is 48.7 Å². The Kier molecular flexibility index (Phi) is 3.93. The van der Waals surface area contributed by atoms with Gasteiger partial charge in [0.2, 0.25) is 0 Å². The maximum absolute atomic E-state index is 12.7. The van der Waals surface area contributed by atoms with Crippen LogP contribution in [-0.2, 0) is 7.05 Å². The Morgan fingerprint density at radius 1 is 1.09 bits per heavy atom. The number of carbonyl (C=O) groups is 1. The lowest BCUT2D eigenvalue weighted by atomic mass is 10.1. The number of nitrogens with zero attached hydrogens (tertiary/aromatic N) is 1. The minimum absolute atomic E-state index is 0.191. The SMILES string of the molecule is COc1ccc(OC)c(NC(=O)c2cccc3ccn(C)c23)c1. The topological polar surface area (TPSA) is 52.5 Å². The highest BCUT2D eigenvalue weighted by Gasteiger charge is 2.15.